The van der Waals surface area contributed by atoms with E-state index in [1.165, 1.54) is 7.11 Å². The van der Waals surface area contributed by atoms with E-state index in [9.17, 15) is 9.59 Å². The highest BCUT2D eigenvalue weighted by Gasteiger charge is 2.43. The lowest BCUT2D eigenvalue weighted by Crippen LogP contribution is -2.36. The van der Waals surface area contributed by atoms with Crippen molar-refractivity contribution in [2.75, 3.05) is 13.7 Å². The summed E-state index contributed by atoms with van der Waals surface area (Å²) in [4.78, 5) is 29.4. The number of methoxy groups -OCH3 is 1. The van der Waals surface area contributed by atoms with Crippen molar-refractivity contribution in [1.82, 2.24) is 0 Å². The maximum Gasteiger partial charge on any atom is 0.336 e. The number of esters is 2. The van der Waals surface area contributed by atoms with Gasteiger partial charge in [-0.2, -0.15) is 0 Å². The SMILES string of the molecule is CCOC(=O)C1C(C)=NC(C)=C(C(=O)OC)[C@H]1c1cccc(Cl)c1Cl. The van der Waals surface area contributed by atoms with Gasteiger partial charge in [-0.05, 0) is 32.4 Å². The van der Waals surface area contributed by atoms with Gasteiger partial charge in [0.15, 0.2) is 0 Å². The highest BCUT2D eigenvalue weighted by molar-refractivity contribution is 6.42. The largest absolute Gasteiger partial charge is 0.466 e. The molecule has 1 aliphatic rings. The summed E-state index contributed by atoms with van der Waals surface area (Å²) in [6.07, 6.45) is 0. The molecule has 0 radical (unpaired) electrons. The standard InChI is InChI=1S/C18H19Cl2NO4/c1-5-25-18(23)14-10(3)21-9(2)13(17(22)24-4)15(14)11-7-6-8-12(19)16(11)20/h6-8,14-15H,5H2,1-4H3/t14?,15-/m1/s1. The molecule has 0 bridgehead atoms. The summed E-state index contributed by atoms with van der Waals surface area (Å²) in [6, 6.07) is 5.10. The van der Waals surface area contributed by atoms with Gasteiger partial charge in [-0.15, -0.1) is 0 Å². The van der Waals surface area contributed by atoms with Gasteiger partial charge in [-0.25, -0.2) is 4.79 Å². The molecule has 25 heavy (non-hydrogen) atoms. The maximum atomic E-state index is 12.6. The Morgan fingerprint density at radius 1 is 1.24 bits per heavy atom. The minimum Gasteiger partial charge on any atom is -0.466 e. The summed E-state index contributed by atoms with van der Waals surface area (Å²) in [5, 5.41) is 0.621. The molecule has 1 unspecified atom stereocenters. The quantitative estimate of drug-likeness (QED) is 0.731. The van der Waals surface area contributed by atoms with E-state index in [1.807, 2.05) is 0 Å². The van der Waals surface area contributed by atoms with Gasteiger partial charge < -0.3 is 9.47 Å². The molecular weight excluding hydrogens is 365 g/mol. The van der Waals surface area contributed by atoms with Crippen molar-refractivity contribution in [2.45, 2.75) is 26.7 Å². The summed E-state index contributed by atoms with van der Waals surface area (Å²) in [7, 11) is 1.28. The van der Waals surface area contributed by atoms with Crippen LogP contribution >= 0.6 is 23.2 Å². The van der Waals surface area contributed by atoms with Crippen LogP contribution in [-0.2, 0) is 19.1 Å². The Balaban J connectivity index is 2.72. The molecule has 134 valence electrons. The van der Waals surface area contributed by atoms with Gasteiger partial charge in [-0.3, -0.25) is 9.79 Å². The highest BCUT2D eigenvalue weighted by Crippen LogP contribution is 2.44. The van der Waals surface area contributed by atoms with Gasteiger partial charge >= 0.3 is 11.9 Å². The molecule has 0 aliphatic carbocycles. The smallest absolute Gasteiger partial charge is 0.336 e. The van der Waals surface area contributed by atoms with Gasteiger partial charge in [-0.1, -0.05) is 35.3 Å². The summed E-state index contributed by atoms with van der Waals surface area (Å²) < 4.78 is 10.1. The third-order valence-electron chi connectivity index (χ3n) is 4.09. The number of nitrogens with zero attached hydrogens (tertiary/aromatic N) is 1. The Kier molecular flexibility index (Phi) is 6.25. The Labute approximate surface area is 156 Å². The van der Waals surface area contributed by atoms with Crippen LogP contribution < -0.4 is 0 Å². The molecule has 2 atom stereocenters. The number of benzene rings is 1. The molecule has 7 heteroatoms. The molecule has 2 rings (SSSR count). The predicted molar refractivity (Wildman–Crippen MR) is 97.2 cm³/mol. The van der Waals surface area contributed by atoms with Gasteiger partial charge in [0.2, 0.25) is 0 Å². The fraction of sp³-hybridized carbons (Fsp3) is 0.389. The number of hydrogen-bond donors (Lipinski definition) is 0. The molecule has 1 aromatic carbocycles. The van der Waals surface area contributed by atoms with E-state index in [0.29, 0.717) is 22.0 Å². The zero-order valence-electron chi connectivity index (χ0n) is 14.4. The van der Waals surface area contributed by atoms with Crippen LogP contribution in [0.2, 0.25) is 10.0 Å². The minimum absolute atomic E-state index is 0.217. The van der Waals surface area contributed by atoms with E-state index >= 15 is 0 Å². The Bertz CT molecular complexity index is 770. The number of ether oxygens (including phenoxy) is 2. The van der Waals surface area contributed by atoms with Crippen molar-refractivity contribution in [1.29, 1.82) is 0 Å². The number of allylic oxidation sites excluding steroid dienone is 1. The predicted octanol–water partition coefficient (Wildman–Crippen LogP) is 4.18. The molecule has 5 nitrogen and oxygen atoms in total. The van der Waals surface area contributed by atoms with E-state index in [2.05, 4.69) is 4.99 Å². The first-order valence-corrected chi connectivity index (χ1v) is 8.53. The molecular formula is C18H19Cl2NO4. The molecule has 0 amide bonds. The number of carbonyl (C=O) groups excluding carboxylic acids is 2. The van der Waals surface area contributed by atoms with Gasteiger partial charge in [0.05, 0.1) is 29.3 Å². The minimum atomic E-state index is -0.784. The molecule has 0 N–H and O–H groups in total. The van der Waals surface area contributed by atoms with E-state index in [0.717, 1.165) is 0 Å². The van der Waals surface area contributed by atoms with Crippen molar-refractivity contribution >= 4 is 40.9 Å². The average molecular weight is 384 g/mol. The summed E-state index contributed by atoms with van der Waals surface area (Å²) in [5.74, 6) is -2.51. The first-order chi connectivity index (χ1) is 11.8. The lowest BCUT2D eigenvalue weighted by Gasteiger charge is -2.31. The lowest BCUT2D eigenvalue weighted by atomic mass is 9.75. The fourth-order valence-electron chi connectivity index (χ4n) is 3.05. The molecule has 1 aromatic rings. The first-order valence-electron chi connectivity index (χ1n) is 7.78. The number of hydrogen-bond acceptors (Lipinski definition) is 5. The summed E-state index contributed by atoms with van der Waals surface area (Å²) >= 11 is 12.5. The fourth-order valence-corrected chi connectivity index (χ4v) is 3.47. The number of carbonyl (C=O) groups is 2. The van der Waals surface area contributed by atoms with Crippen LogP contribution in [0.5, 0.6) is 0 Å². The lowest BCUT2D eigenvalue weighted by molar-refractivity contribution is -0.146. The Morgan fingerprint density at radius 2 is 1.92 bits per heavy atom. The zero-order valence-corrected chi connectivity index (χ0v) is 15.9. The average Bonchev–Trinajstić information content (AvgIpc) is 2.56. The number of aliphatic imine (C=N–C) groups is 1. The highest BCUT2D eigenvalue weighted by atomic mass is 35.5. The molecule has 0 saturated carbocycles. The van der Waals surface area contributed by atoms with Crippen molar-refractivity contribution in [3.63, 3.8) is 0 Å². The van der Waals surface area contributed by atoms with E-state index in [1.54, 1.807) is 39.0 Å². The number of rotatable bonds is 4. The molecule has 0 aromatic heterocycles. The van der Waals surface area contributed by atoms with Crippen LogP contribution in [0.25, 0.3) is 0 Å². The first kappa shape index (κ1) is 19.5. The second-order valence-corrected chi connectivity index (χ2v) is 6.38. The molecule has 0 spiro atoms. The maximum absolute atomic E-state index is 12.6. The van der Waals surface area contributed by atoms with E-state index < -0.39 is 23.8 Å². The normalized spacial score (nSPS) is 20.2. The Morgan fingerprint density at radius 3 is 2.52 bits per heavy atom. The molecule has 0 saturated heterocycles. The van der Waals surface area contributed by atoms with E-state index in [4.69, 9.17) is 32.7 Å². The topological polar surface area (TPSA) is 65.0 Å². The summed E-state index contributed by atoms with van der Waals surface area (Å²) in [5.41, 5.74) is 1.85. The van der Waals surface area contributed by atoms with E-state index in [-0.39, 0.29) is 17.2 Å². The third kappa shape index (κ3) is 3.72. The molecule has 1 heterocycles. The second-order valence-electron chi connectivity index (χ2n) is 5.59. The van der Waals surface area contributed by atoms with Crippen molar-refractivity contribution in [2.24, 2.45) is 10.9 Å². The van der Waals surface area contributed by atoms with Crippen molar-refractivity contribution in [3.8, 4) is 0 Å². The number of halogens is 2. The Hall–Kier alpha value is -1.85. The van der Waals surface area contributed by atoms with Crippen LogP contribution in [0.1, 0.15) is 32.3 Å². The van der Waals surface area contributed by atoms with Crippen LogP contribution in [0, 0.1) is 5.92 Å². The van der Waals surface area contributed by atoms with Gasteiger partial charge in [0.1, 0.15) is 5.92 Å². The molecule has 1 aliphatic heterocycles. The second kappa shape index (κ2) is 8.02. The third-order valence-corrected chi connectivity index (χ3v) is 4.92. The summed E-state index contributed by atoms with van der Waals surface area (Å²) in [6.45, 7) is 5.36. The van der Waals surface area contributed by atoms with Gasteiger partial charge in [0.25, 0.3) is 0 Å². The molecule has 0 fully saturated rings. The monoisotopic (exact) mass is 383 g/mol. The van der Waals surface area contributed by atoms with Crippen LogP contribution in [0.3, 0.4) is 0 Å². The van der Waals surface area contributed by atoms with Crippen molar-refractivity contribution in [3.05, 3.63) is 45.1 Å². The van der Waals surface area contributed by atoms with Crippen LogP contribution in [0.15, 0.2) is 34.5 Å². The van der Waals surface area contributed by atoms with Crippen molar-refractivity contribution < 1.29 is 19.1 Å². The van der Waals surface area contributed by atoms with Crippen LogP contribution in [0.4, 0.5) is 0 Å². The van der Waals surface area contributed by atoms with Crippen LogP contribution in [-0.4, -0.2) is 31.4 Å². The zero-order chi connectivity index (χ0) is 18.7. The van der Waals surface area contributed by atoms with Gasteiger partial charge in [0, 0.05) is 17.3 Å².